The van der Waals surface area contributed by atoms with Gasteiger partial charge in [-0.1, -0.05) is 43.6 Å². The van der Waals surface area contributed by atoms with E-state index in [-0.39, 0.29) is 24.8 Å². The molecule has 2 heterocycles. The van der Waals surface area contributed by atoms with Crippen LogP contribution in [-0.2, 0) is 6.54 Å². The molecule has 1 amide bonds. The summed E-state index contributed by atoms with van der Waals surface area (Å²) in [5.74, 6) is 0.459. The maximum Gasteiger partial charge on any atom is 0.287 e. The molecular formula is C27H29ClN6O4. The number of amides is 1. The van der Waals surface area contributed by atoms with Crippen LogP contribution >= 0.6 is 11.6 Å². The molecule has 2 aromatic heterocycles. The van der Waals surface area contributed by atoms with Gasteiger partial charge in [0, 0.05) is 29.0 Å². The quantitative estimate of drug-likeness (QED) is 0.287. The summed E-state index contributed by atoms with van der Waals surface area (Å²) in [6.07, 6.45) is 1.64. The SMILES string of the molecule is CC.C[C@@H](CO)NC(=O)c1nnc(Nc2ccc(Oc3ccccn3)cc2)n(Cc2ccc(Cl)cc2)c1=O. The van der Waals surface area contributed by atoms with E-state index in [1.807, 2.05) is 19.9 Å². The van der Waals surface area contributed by atoms with Crippen LogP contribution < -0.4 is 20.9 Å². The van der Waals surface area contributed by atoms with Gasteiger partial charge in [-0.2, -0.15) is 0 Å². The van der Waals surface area contributed by atoms with Gasteiger partial charge in [0.05, 0.1) is 13.2 Å². The van der Waals surface area contributed by atoms with Gasteiger partial charge < -0.3 is 20.5 Å². The van der Waals surface area contributed by atoms with Gasteiger partial charge in [0.25, 0.3) is 11.5 Å². The normalized spacial score (nSPS) is 11.1. The first kappa shape index (κ1) is 28.3. The Kier molecular flexibility index (Phi) is 10.3. The van der Waals surface area contributed by atoms with Crippen LogP contribution in [0.2, 0.25) is 5.02 Å². The molecule has 4 aromatic rings. The summed E-state index contributed by atoms with van der Waals surface area (Å²) in [5.41, 5.74) is 0.369. The van der Waals surface area contributed by atoms with E-state index in [2.05, 4.69) is 25.8 Å². The highest BCUT2D eigenvalue weighted by Crippen LogP contribution is 2.23. The number of hydrogen-bond donors (Lipinski definition) is 3. The second kappa shape index (κ2) is 13.9. The van der Waals surface area contributed by atoms with E-state index in [0.717, 1.165) is 5.56 Å². The lowest BCUT2D eigenvalue weighted by atomic mass is 10.2. The number of nitrogens with one attached hydrogen (secondary N) is 2. The molecule has 0 saturated carbocycles. The Morgan fingerprint density at radius 3 is 2.39 bits per heavy atom. The van der Waals surface area contributed by atoms with Crippen LogP contribution in [0.25, 0.3) is 0 Å². The van der Waals surface area contributed by atoms with E-state index in [0.29, 0.717) is 22.3 Å². The van der Waals surface area contributed by atoms with Crippen LogP contribution in [0.15, 0.2) is 77.7 Å². The minimum Gasteiger partial charge on any atom is -0.439 e. The maximum atomic E-state index is 13.3. The first-order valence-corrected chi connectivity index (χ1v) is 12.4. The smallest absolute Gasteiger partial charge is 0.287 e. The number of anilines is 2. The van der Waals surface area contributed by atoms with Gasteiger partial charge in [-0.3, -0.25) is 14.2 Å². The fourth-order valence-electron chi connectivity index (χ4n) is 3.17. The second-order valence-corrected chi connectivity index (χ2v) is 8.30. The van der Waals surface area contributed by atoms with E-state index >= 15 is 0 Å². The van der Waals surface area contributed by atoms with Gasteiger partial charge in [-0.05, 0) is 55.0 Å². The number of aliphatic hydroxyl groups is 1. The molecule has 1 atom stereocenters. The molecular weight excluding hydrogens is 508 g/mol. The van der Waals surface area contributed by atoms with Crippen molar-refractivity contribution in [3.8, 4) is 11.6 Å². The molecule has 0 unspecified atom stereocenters. The number of ether oxygens (including phenoxy) is 1. The van der Waals surface area contributed by atoms with Crippen LogP contribution in [0.3, 0.4) is 0 Å². The van der Waals surface area contributed by atoms with Gasteiger partial charge in [-0.15, -0.1) is 10.2 Å². The minimum atomic E-state index is -0.721. The van der Waals surface area contributed by atoms with Crippen molar-refractivity contribution in [3.05, 3.63) is 99.6 Å². The molecule has 198 valence electrons. The van der Waals surface area contributed by atoms with Crippen molar-refractivity contribution in [1.82, 2.24) is 25.1 Å². The first-order chi connectivity index (χ1) is 18.4. The summed E-state index contributed by atoms with van der Waals surface area (Å²) in [4.78, 5) is 29.9. The summed E-state index contributed by atoms with van der Waals surface area (Å²) in [7, 11) is 0. The van der Waals surface area contributed by atoms with Crippen molar-refractivity contribution in [2.24, 2.45) is 0 Å². The molecule has 0 aliphatic carbocycles. The van der Waals surface area contributed by atoms with Gasteiger partial charge >= 0.3 is 0 Å². The van der Waals surface area contributed by atoms with E-state index in [1.54, 1.807) is 73.8 Å². The number of carbonyl (C=O) groups excluding carboxylic acids is 1. The van der Waals surface area contributed by atoms with Crippen molar-refractivity contribution in [2.75, 3.05) is 11.9 Å². The molecule has 0 aliphatic rings. The third-order valence-corrected chi connectivity index (χ3v) is 5.29. The Labute approximate surface area is 225 Å². The Morgan fingerprint density at radius 2 is 1.76 bits per heavy atom. The number of pyridine rings is 1. The first-order valence-electron chi connectivity index (χ1n) is 12.0. The Hall–Kier alpha value is -4.28. The van der Waals surface area contributed by atoms with Crippen LogP contribution in [0.4, 0.5) is 11.6 Å². The molecule has 4 rings (SSSR count). The van der Waals surface area contributed by atoms with Gasteiger partial charge in [0.1, 0.15) is 5.75 Å². The number of benzene rings is 2. The lowest BCUT2D eigenvalue weighted by Crippen LogP contribution is -2.41. The van der Waals surface area contributed by atoms with E-state index in [1.165, 1.54) is 4.57 Å². The topological polar surface area (TPSA) is 131 Å². The fourth-order valence-corrected chi connectivity index (χ4v) is 3.30. The van der Waals surface area contributed by atoms with E-state index in [4.69, 9.17) is 16.3 Å². The largest absolute Gasteiger partial charge is 0.439 e. The highest BCUT2D eigenvalue weighted by Gasteiger charge is 2.20. The average molecular weight is 537 g/mol. The van der Waals surface area contributed by atoms with Gasteiger partial charge in [0.15, 0.2) is 0 Å². The van der Waals surface area contributed by atoms with Crippen LogP contribution in [0.1, 0.15) is 36.8 Å². The highest BCUT2D eigenvalue weighted by molar-refractivity contribution is 6.30. The number of aliphatic hydroxyl groups excluding tert-OH is 1. The predicted molar refractivity (Wildman–Crippen MR) is 146 cm³/mol. The van der Waals surface area contributed by atoms with Crippen LogP contribution in [0, 0.1) is 0 Å². The number of hydrogen-bond acceptors (Lipinski definition) is 8. The Bertz CT molecular complexity index is 1380. The zero-order valence-corrected chi connectivity index (χ0v) is 22.0. The maximum absolute atomic E-state index is 13.3. The standard InChI is InChI=1S/C25H23ClN6O4.C2H6/c1-16(15-33)28-23(34)22-24(35)32(14-17-5-7-18(26)8-6-17)25(31-30-22)29-19-9-11-20(12-10-19)36-21-4-2-3-13-27-21;1-2/h2-13,16,33H,14-15H2,1H3,(H,28,34)(H,29,31);1-2H3/t16-;/m0./s1. The Morgan fingerprint density at radius 1 is 1.05 bits per heavy atom. The predicted octanol–water partition coefficient (Wildman–Crippen LogP) is 4.41. The van der Waals surface area contributed by atoms with Gasteiger partial charge in [-0.25, -0.2) is 4.98 Å². The number of aromatic nitrogens is 4. The van der Waals surface area contributed by atoms with Crippen LogP contribution in [0.5, 0.6) is 11.6 Å². The Balaban J connectivity index is 0.00000195. The molecule has 0 bridgehead atoms. The monoisotopic (exact) mass is 536 g/mol. The number of halogens is 1. The molecule has 0 radical (unpaired) electrons. The number of rotatable bonds is 9. The van der Waals surface area contributed by atoms with Crippen molar-refractivity contribution < 1.29 is 14.6 Å². The van der Waals surface area contributed by atoms with Gasteiger partial charge in [0.2, 0.25) is 17.5 Å². The van der Waals surface area contributed by atoms with E-state index < -0.39 is 17.5 Å². The molecule has 2 aromatic carbocycles. The van der Waals surface area contributed by atoms with Crippen molar-refractivity contribution >= 4 is 29.1 Å². The van der Waals surface area contributed by atoms with Crippen LogP contribution in [-0.4, -0.2) is 43.4 Å². The summed E-state index contributed by atoms with van der Waals surface area (Å²) in [6.45, 7) is 5.44. The molecule has 11 heteroatoms. The average Bonchev–Trinajstić information content (AvgIpc) is 2.94. The van der Waals surface area contributed by atoms with Crippen molar-refractivity contribution in [3.63, 3.8) is 0 Å². The summed E-state index contributed by atoms with van der Waals surface area (Å²) in [5, 5.41) is 23.3. The molecule has 38 heavy (non-hydrogen) atoms. The lowest BCUT2D eigenvalue weighted by molar-refractivity contribution is 0.0913. The third-order valence-electron chi connectivity index (χ3n) is 5.04. The highest BCUT2D eigenvalue weighted by atomic mass is 35.5. The lowest BCUT2D eigenvalue weighted by Gasteiger charge is -2.15. The van der Waals surface area contributed by atoms with Crippen molar-refractivity contribution in [1.29, 1.82) is 0 Å². The second-order valence-electron chi connectivity index (χ2n) is 7.87. The summed E-state index contributed by atoms with van der Waals surface area (Å²) in [6, 6.07) is 18.8. The zero-order valence-electron chi connectivity index (χ0n) is 21.3. The fraction of sp³-hybridized carbons (Fsp3) is 0.222. The van der Waals surface area contributed by atoms with E-state index in [9.17, 15) is 14.7 Å². The molecule has 3 N–H and O–H groups in total. The summed E-state index contributed by atoms with van der Waals surface area (Å²) < 4.78 is 7.02. The zero-order chi connectivity index (χ0) is 27.5. The third kappa shape index (κ3) is 7.61. The molecule has 10 nitrogen and oxygen atoms in total. The summed E-state index contributed by atoms with van der Waals surface area (Å²) >= 11 is 5.99. The number of carbonyl (C=O) groups is 1. The molecule has 0 aliphatic heterocycles. The molecule has 0 fully saturated rings. The number of nitrogens with zero attached hydrogens (tertiary/aromatic N) is 4. The molecule has 0 saturated heterocycles. The van der Waals surface area contributed by atoms with Crippen molar-refractivity contribution in [2.45, 2.75) is 33.4 Å². The minimum absolute atomic E-state index is 0.116. The molecule has 0 spiro atoms.